The van der Waals surface area contributed by atoms with Crippen molar-refractivity contribution in [3.8, 4) is 0 Å². The summed E-state index contributed by atoms with van der Waals surface area (Å²) in [5.41, 5.74) is -0.414. The first-order chi connectivity index (χ1) is 10.1. The number of furan rings is 1. The van der Waals surface area contributed by atoms with Crippen molar-refractivity contribution in [2.24, 2.45) is 0 Å². The highest BCUT2D eigenvalue weighted by Crippen LogP contribution is 2.12. The number of carboxylic acid groups (broad SMARTS) is 1. The van der Waals surface area contributed by atoms with E-state index >= 15 is 0 Å². The molecule has 1 N–H and O–H groups in total. The minimum Gasteiger partial charge on any atom is -0.475 e. The summed E-state index contributed by atoms with van der Waals surface area (Å²) in [7, 11) is 0. The summed E-state index contributed by atoms with van der Waals surface area (Å²) >= 11 is 0.964. The van der Waals surface area contributed by atoms with Crippen LogP contribution < -0.4 is 10.4 Å². The second-order valence-electron chi connectivity index (χ2n) is 4.33. The van der Waals surface area contributed by atoms with E-state index < -0.39 is 16.4 Å². The maximum atomic E-state index is 12.3. The minimum absolute atomic E-state index is 0.0910. The first-order valence-electron chi connectivity index (χ1n) is 6.01. The lowest BCUT2D eigenvalue weighted by atomic mass is 10.3. The van der Waals surface area contributed by atoms with Gasteiger partial charge >= 0.3 is 10.8 Å². The van der Waals surface area contributed by atoms with Gasteiger partial charge in [0.2, 0.25) is 5.76 Å². The van der Waals surface area contributed by atoms with E-state index in [4.69, 9.17) is 9.52 Å². The third-order valence-electron chi connectivity index (χ3n) is 2.97. The number of benzene rings is 1. The molecule has 0 bridgehead atoms. The zero-order valence-corrected chi connectivity index (χ0v) is 11.4. The van der Waals surface area contributed by atoms with Gasteiger partial charge in [-0.3, -0.25) is 14.2 Å². The summed E-state index contributed by atoms with van der Waals surface area (Å²) in [6.45, 7) is -0.0910. The minimum atomic E-state index is -1.20. The van der Waals surface area contributed by atoms with Crippen LogP contribution in [-0.2, 0) is 6.54 Å². The first kappa shape index (κ1) is 13.3. The lowest BCUT2D eigenvalue weighted by Crippen LogP contribution is -2.31. The SMILES string of the molecule is O=C(O)c1ccc(Cn2c(=O)sc3ccccc3c2=O)o1. The van der Waals surface area contributed by atoms with E-state index in [1.54, 1.807) is 24.3 Å². The molecule has 0 aliphatic carbocycles. The second-order valence-corrected chi connectivity index (χ2v) is 5.32. The van der Waals surface area contributed by atoms with Crippen LogP contribution in [0.3, 0.4) is 0 Å². The fourth-order valence-corrected chi connectivity index (χ4v) is 2.84. The van der Waals surface area contributed by atoms with E-state index in [0.29, 0.717) is 10.1 Å². The van der Waals surface area contributed by atoms with Crippen LogP contribution in [0.2, 0.25) is 0 Å². The van der Waals surface area contributed by atoms with Gasteiger partial charge < -0.3 is 9.52 Å². The Bertz CT molecular complexity index is 950. The molecule has 2 aromatic heterocycles. The van der Waals surface area contributed by atoms with Gasteiger partial charge in [-0.1, -0.05) is 23.5 Å². The maximum Gasteiger partial charge on any atom is 0.371 e. The standard InChI is InChI=1S/C14H9NO5S/c16-12-9-3-1-2-4-11(9)21-14(19)15(12)7-8-5-6-10(20-8)13(17)18/h1-6H,7H2,(H,17,18). The number of carboxylic acids is 1. The summed E-state index contributed by atoms with van der Waals surface area (Å²) in [5.74, 6) is -1.18. The van der Waals surface area contributed by atoms with E-state index in [-0.39, 0.29) is 18.1 Å². The van der Waals surface area contributed by atoms with Crippen LogP contribution >= 0.6 is 11.3 Å². The van der Waals surface area contributed by atoms with Crippen molar-refractivity contribution in [1.82, 2.24) is 4.57 Å². The molecule has 0 aliphatic rings. The van der Waals surface area contributed by atoms with Crippen LogP contribution in [0.1, 0.15) is 16.3 Å². The highest BCUT2D eigenvalue weighted by Gasteiger charge is 2.12. The molecular weight excluding hydrogens is 294 g/mol. The van der Waals surface area contributed by atoms with Gasteiger partial charge in [0.05, 0.1) is 11.9 Å². The summed E-state index contributed by atoms with van der Waals surface area (Å²) in [4.78, 5) is 34.7. The van der Waals surface area contributed by atoms with Gasteiger partial charge in [0, 0.05) is 4.70 Å². The Morgan fingerprint density at radius 1 is 1.19 bits per heavy atom. The van der Waals surface area contributed by atoms with E-state index in [1.165, 1.54) is 12.1 Å². The van der Waals surface area contributed by atoms with Crippen molar-refractivity contribution < 1.29 is 14.3 Å². The van der Waals surface area contributed by atoms with Crippen LogP contribution in [-0.4, -0.2) is 15.6 Å². The van der Waals surface area contributed by atoms with Crippen LogP contribution in [0.15, 0.2) is 50.4 Å². The lowest BCUT2D eigenvalue weighted by Gasteiger charge is -2.03. The smallest absolute Gasteiger partial charge is 0.371 e. The molecule has 3 aromatic rings. The number of aromatic carboxylic acids is 1. The normalized spacial score (nSPS) is 10.9. The van der Waals surface area contributed by atoms with Crippen LogP contribution in [0.5, 0.6) is 0 Å². The lowest BCUT2D eigenvalue weighted by molar-refractivity contribution is 0.0660. The Hall–Kier alpha value is -2.67. The second kappa shape index (κ2) is 5.02. The predicted molar refractivity (Wildman–Crippen MR) is 77.1 cm³/mol. The third-order valence-corrected chi connectivity index (χ3v) is 3.94. The summed E-state index contributed by atoms with van der Waals surface area (Å²) in [6, 6.07) is 9.57. The van der Waals surface area contributed by atoms with E-state index in [2.05, 4.69) is 0 Å². The number of carbonyl (C=O) groups is 1. The fraction of sp³-hybridized carbons (Fsp3) is 0.0714. The number of nitrogens with zero attached hydrogens (tertiary/aromatic N) is 1. The Balaban J connectivity index is 2.10. The average molecular weight is 303 g/mol. The summed E-state index contributed by atoms with van der Waals surface area (Å²) < 4.78 is 6.74. The molecular formula is C14H9NO5S. The Labute approximate surface area is 121 Å². The molecule has 106 valence electrons. The molecule has 6 nitrogen and oxygen atoms in total. The van der Waals surface area contributed by atoms with Gasteiger partial charge in [-0.25, -0.2) is 4.79 Å². The molecule has 7 heteroatoms. The van der Waals surface area contributed by atoms with E-state index in [1.807, 2.05) is 0 Å². The third kappa shape index (κ3) is 2.38. The van der Waals surface area contributed by atoms with Crippen LogP contribution in [0, 0.1) is 0 Å². The van der Waals surface area contributed by atoms with Gasteiger partial charge in [0.1, 0.15) is 5.76 Å². The largest absolute Gasteiger partial charge is 0.475 e. The maximum absolute atomic E-state index is 12.3. The van der Waals surface area contributed by atoms with Gasteiger partial charge in [0.15, 0.2) is 0 Å². The van der Waals surface area contributed by atoms with Crippen LogP contribution in [0.4, 0.5) is 0 Å². The van der Waals surface area contributed by atoms with Gasteiger partial charge in [-0.05, 0) is 24.3 Å². The summed E-state index contributed by atoms with van der Waals surface area (Å²) in [5, 5.41) is 9.24. The molecule has 0 radical (unpaired) electrons. The number of fused-ring (bicyclic) bond motifs is 1. The van der Waals surface area contributed by atoms with Crippen molar-refractivity contribution in [3.05, 3.63) is 67.9 Å². The highest BCUT2D eigenvalue weighted by molar-refractivity contribution is 7.16. The quantitative estimate of drug-likeness (QED) is 0.796. The Morgan fingerprint density at radius 3 is 2.67 bits per heavy atom. The molecule has 3 rings (SSSR count). The number of aromatic nitrogens is 1. The zero-order chi connectivity index (χ0) is 15.0. The number of rotatable bonds is 3. The van der Waals surface area contributed by atoms with Crippen molar-refractivity contribution in [2.75, 3.05) is 0 Å². The molecule has 0 unspecified atom stereocenters. The van der Waals surface area contributed by atoms with Crippen molar-refractivity contribution in [1.29, 1.82) is 0 Å². The highest BCUT2D eigenvalue weighted by atomic mass is 32.1. The van der Waals surface area contributed by atoms with Gasteiger partial charge in [-0.2, -0.15) is 0 Å². The molecule has 21 heavy (non-hydrogen) atoms. The molecule has 0 atom stereocenters. The monoisotopic (exact) mass is 303 g/mol. The topological polar surface area (TPSA) is 89.5 Å². The van der Waals surface area contributed by atoms with Crippen molar-refractivity contribution in [2.45, 2.75) is 6.54 Å². The van der Waals surface area contributed by atoms with Crippen LogP contribution in [0.25, 0.3) is 10.1 Å². The Kier molecular flexibility index (Phi) is 3.19. The van der Waals surface area contributed by atoms with Gasteiger partial charge in [-0.15, -0.1) is 0 Å². The molecule has 1 aromatic carbocycles. The predicted octanol–water partition coefficient (Wildman–Crippen LogP) is 1.76. The Morgan fingerprint density at radius 2 is 1.95 bits per heavy atom. The van der Waals surface area contributed by atoms with E-state index in [9.17, 15) is 14.4 Å². The summed E-state index contributed by atoms with van der Waals surface area (Å²) in [6.07, 6.45) is 0. The van der Waals surface area contributed by atoms with E-state index in [0.717, 1.165) is 15.9 Å². The number of hydrogen-bond donors (Lipinski definition) is 1. The molecule has 0 aliphatic heterocycles. The van der Waals surface area contributed by atoms with Crippen molar-refractivity contribution in [3.63, 3.8) is 0 Å². The fourth-order valence-electron chi connectivity index (χ4n) is 1.98. The molecule has 0 saturated heterocycles. The zero-order valence-electron chi connectivity index (χ0n) is 10.6. The molecule has 0 saturated carbocycles. The molecule has 0 fully saturated rings. The molecule has 0 amide bonds. The molecule has 2 heterocycles. The van der Waals surface area contributed by atoms with Gasteiger partial charge in [0.25, 0.3) is 5.56 Å². The first-order valence-corrected chi connectivity index (χ1v) is 6.82. The molecule has 0 spiro atoms. The number of hydrogen-bond acceptors (Lipinski definition) is 5. The van der Waals surface area contributed by atoms with Crippen molar-refractivity contribution >= 4 is 27.4 Å². The average Bonchev–Trinajstić information content (AvgIpc) is 2.92.